The molecule has 0 saturated heterocycles. The van der Waals surface area contributed by atoms with Crippen molar-refractivity contribution in [1.29, 1.82) is 0 Å². The Kier molecular flexibility index (Phi) is 8.48. The smallest absolute Gasteiger partial charge is 0.289 e. The summed E-state index contributed by atoms with van der Waals surface area (Å²) in [5, 5.41) is 8.48. The minimum atomic E-state index is -0.709. The van der Waals surface area contributed by atoms with Gasteiger partial charge in [-0.05, 0) is 76.2 Å². The van der Waals surface area contributed by atoms with Crippen LogP contribution in [-0.4, -0.2) is 38.0 Å². The van der Waals surface area contributed by atoms with Gasteiger partial charge in [-0.3, -0.25) is 33.6 Å². The van der Waals surface area contributed by atoms with Crippen LogP contribution in [0, 0.1) is 13.8 Å². The van der Waals surface area contributed by atoms with Gasteiger partial charge in [-0.1, -0.05) is 30.3 Å². The number of carbonyl (C=O) groups excluding carboxylic acids is 1. The summed E-state index contributed by atoms with van der Waals surface area (Å²) >= 11 is 0. The Balaban J connectivity index is 1.80. The maximum absolute atomic E-state index is 14.4. The van der Waals surface area contributed by atoms with Crippen molar-refractivity contribution in [3.05, 3.63) is 116 Å². The van der Waals surface area contributed by atoms with Gasteiger partial charge in [0, 0.05) is 18.8 Å². The van der Waals surface area contributed by atoms with Crippen LogP contribution in [-0.2, 0) is 18.4 Å². The number of aryl methyl sites for hydroxylation is 2. The highest BCUT2D eigenvalue weighted by Gasteiger charge is 2.23. The lowest BCUT2D eigenvalue weighted by atomic mass is 10.2. The number of nitrogens with zero attached hydrogens (tertiary/aromatic N) is 6. The molecule has 0 aliphatic heterocycles. The third-order valence-corrected chi connectivity index (χ3v) is 7.46. The normalized spacial score (nSPS) is 11.7. The predicted octanol–water partition coefficient (Wildman–Crippen LogP) is 3.88. The van der Waals surface area contributed by atoms with Crippen molar-refractivity contribution in [2.24, 2.45) is 12.1 Å². The van der Waals surface area contributed by atoms with Gasteiger partial charge >= 0.3 is 0 Å². The van der Waals surface area contributed by atoms with Crippen LogP contribution < -0.4 is 31.5 Å². The summed E-state index contributed by atoms with van der Waals surface area (Å²) in [7, 11) is 3.37. The average Bonchev–Trinajstić information content (AvgIpc) is 3.23. The molecule has 0 radical (unpaired) electrons. The molecule has 5 aromatic rings. The fourth-order valence-electron chi connectivity index (χ4n) is 5.30. The highest BCUT2D eigenvalue weighted by Crippen LogP contribution is 2.23. The first-order chi connectivity index (χ1) is 21.1. The molecule has 226 valence electrons. The fraction of sp³-hybridized carbons (Fsp3) is 0.242. The second kappa shape index (κ2) is 12.4. The zero-order chi connectivity index (χ0) is 31.5. The van der Waals surface area contributed by atoms with Crippen LogP contribution in [0.25, 0.3) is 16.7 Å². The van der Waals surface area contributed by atoms with Gasteiger partial charge in [-0.15, -0.1) is 0 Å². The van der Waals surface area contributed by atoms with Crippen molar-refractivity contribution in [2.45, 2.75) is 40.3 Å². The zero-order valence-electron chi connectivity index (χ0n) is 25.6. The Hall–Kier alpha value is -5.45. The number of aromatic nitrogens is 4. The molecule has 0 aliphatic carbocycles. The van der Waals surface area contributed by atoms with Crippen LogP contribution in [0.3, 0.4) is 0 Å². The second-order valence-corrected chi connectivity index (χ2v) is 10.7. The van der Waals surface area contributed by atoms with E-state index in [1.807, 2.05) is 39.0 Å². The van der Waals surface area contributed by atoms with Gasteiger partial charge in [0.25, 0.3) is 11.1 Å². The molecule has 1 amide bonds. The minimum Gasteiger partial charge on any atom is -0.497 e. The summed E-state index contributed by atoms with van der Waals surface area (Å²) in [5.74, 6) is 0.325. The van der Waals surface area contributed by atoms with Gasteiger partial charge < -0.3 is 9.64 Å². The van der Waals surface area contributed by atoms with E-state index in [-0.39, 0.29) is 23.9 Å². The third-order valence-electron chi connectivity index (χ3n) is 7.46. The number of amides is 1. The van der Waals surface area contributed by atoms with E-state index in [1.165, 1.54) is 9.13 Å². The number of benzene rings is 3. The van der Waals surface area contributed by atoms with Gasteiger partial charge in [-0.2, -0.15) is 10.2 Å². The zero-order valence-corrected chi connectivity index (χ0v) is 25.6. The van der Waals surface area contributed by atoms with Gasteiger partial charge in [-0.25, -0.2) is 0 Å². The number of fused-ring (bicyclic) bond motifs is 1. The molecular formula is C33H35N7O4. The molecule has 1 N–H and O–H groups in total. The Morgan fingerprint density at radius 1 is 0.932 bits per heavy atom. The lowest BCUT2D eigenvalue weighted by Gasteiger charge is -2.27. The van der Waals surface area contributed by atoms with E-state index < -0.39 is 11.1 Å². The first-order valence-electron chi connectivity index (χ1n) is 14.2. The van der Waals surface area contributed by atoms with Crippen molar-refractivity contribution < 1.29 is 9.53 Å². The molecule has 2 heterocycles. The maximum Gasteiger partial charge on any atom is 0.289 e. The molecule has 0 aliphatic rings. The highest BCUT2D eigenvalue weighted by atomic mass is 16.5. The van der Waals surface area contributed by atoms with E-state index in [4.69, 9.17) is 4.74 Å². The first kappa shape index (κ1) is 30.0. The van der Waals surface area contributed by atoms with Crippen molar-refractivity contribution in [3.63, 3.8) is 0 Å². The van der Waals surface area contributed by atoms with Gasteiger partial charge in [0.05, 0.1) is 40.9 Å². The molecule has 44 heavy (non-hydrogen) atoms. The van der Waals surface area contributed by atoms with Crippen molar-refractivity contribution in [2.75, 3.05) is 17.4 Å². The van der Waals surface area contributed by atoms with Crippen LogP contribution >= 0.6 is 0 Å². The third kappa shape index (κ3) is 5.63. The summed E-state index contributed by atoms with van der Waals surface area (Å²) < 4.78 is 9.75. The molecule has 0 atom stereocenters. The number of hydrogen-bond acceptors (Lipinski definition) is 7. The van der Waals surface area contributed by atoms with Crippen LogP contribution in [0.5, 0.6) is 5.75 Å². The summed E-state index contributed by atoms with van der Waals surface area (Å²) in [6.45, 7) is 7.12. The number of para-hydroxylation sites is 3. The Morgan fingerprint density at radius 2 is 1.57 bits per heavy atom. The molecule has 0 unspecified atom stereocenters. The van der Waals surface area contributed by atoms with Crippen molar-refractivity contribution in [1.82, 2.24) is 18.9 Å². The molecule has 11 heteroatoms. The molecule has 5 rings (SSSR count). The molecule has 11 nitrogen and oxygen atoms in total. The van der Waals surface area contributed by atoms with Gasteiger partial charge in [0.1, 0.15) is 12.3 Å². The first-order valence-corrected chi connectivity index (χ1v) is 14.2. The molecule has 2 aromatic heterocycles. The lowest BCUT2D eigenvalue weighted by Crippen LogP contribution is -2.47. The van der Waals surface area contributed by atoms with Crippen molar-refractivity contribution >= 4 is 28.3 Å². The Bertz CT molecular complexity index is 2030. The average molecular weight is 594 g/mol. The Morgan fingerprint density at radius 3 is 2.16 bits per heavy atom. The molecule has 0 spiro atoms. The van der Waals surface area contributed by atoms with Crippen LogP contribution in [0.2, 0.25) is 0 Å². The number of hydrogen-bond donors (Lipinski definition) is 1. The highest BCUT2D eigenvalue weighted by molar-refractivity contribution is 5.94. The quantitative estimate of drug-likeness (QED) is 0.273. The monoisotopic (exact) mass is 593 g/mol. The minimum absolute atomic E-state index is 0.222. The summed E-state index contributed by atoms with van der Waals surface area (Å²) in [5.41, 5.74) is 5.44. The van der Waals surface area contributed by atoms with Crippen LogP contribution in [0.15, 0.2) is 93.6 Å². The van der Waals surface area contributed by atoms with Gasteiger partial charge in [0.2, 0.25) is 11.3 Å². The summed E-state index contributed by atoms with van der Waals surface area (Å²) in [4.78, 5) is 44.4. The number of nitrogens with one attached hydrogen (secondary N) is 1. The fourth-order valence-corrected chi connectivity index (χ4v) is 5.30. The van der Waals surface area contributed by atoms with Crippen molar-refractivity contribution in [3.8, 4) is 11.4 Å². The standard InChI is InChI=1S/C33H35N7O4/c1-21(2)39(25-16-18-26(44-6)19-17-25)29(41)20-38-27-14-10-11-15-28(27)40(31-22(3)36-37(5)23(31)4)33(43)30(32(38)42)35-34-24-12-8-7-9-13-24/h7-19,21,34H,20H2,1-6H3/b35-30-. The van der Waals surface area contributed by atoms with E-state index in [0.717, 1.165) is 5.69 Å². The predicted molar refractivity (Wildman–Crippen MR) is 171 cm³/mol. The maximum atomic E-state index is 14.4. The lowest BCUT2D eigenvalue weighted by molar-refractivity contribution is -0.119. The number of ether oxygens (including phenoxy) is 1. The number of rotatable bonds is 8. The number of methoxy groups -OCH3 is 1. The van der Waals surface area contributed by atoms with E-state index in [9.17, 15) is 14.4 Å². The molecule has 3 aromatic carbocycles. The topological polar surface area (TPSA) is 116 Å². The largest absolute Gasteiger partial charge is 0.497 e. The summed E-state index contributed by atoms with van der Waals surface area (Å²) in [6.07, 6.45) is 0. The van der Waals surface area contributed by atoms with Crippen LogP contribution in [0.4, 0.5) is 11.4 Å². The van der Waals surface area contributed by atoms with E-state index in [0.29, 0.717) is 39.5 Å². The number of carbonyl (C=O) groups is 1. The SMILES string of the molecule is COc1ccc(N(C(=O)Cn2c(=O)/c(=N/Nc3ccccc3)c(=O)n(-c3c(C)nn(C)c3C)c3ccccc32)C(C)C)cc1. The van der Waals surface area contributed by atoms with E-state index in [2.05, 4.69) is 15.6 Å². The molecule has 0 saturated carbocycles. The summed E-state index contributed by atoms with van der Waals surface area (Å²) in [6, 6.07) is 23.0. The van der Waals surface area contributed by atoms with Crippen LogP contribution in [0.1, 0.15) is 25.2 Å². The molecule has 0 fully saturated rings. The second-order valence-electron chi connectivity index (χ2n) is 10.7. The molecule has 0 bridgehead atoms. The van der Waals surface area contributed by atoms with Gasteiger partial charge in [0.15, 0.2) is 0 Å². The van der Waals surface area contributed by atoms with E-state index >= 15 is 0 Å². The van der Waals surface area contributed by atoms with E-state index in [1.54, 1.807) is 91.3 Å². The molecular weight excluding hydrogens is 558 g/mol. The number of anilines is 2. The Labute approximate surface area is 254 Å².